The first-order valence-corrected chi connectivity index (χ1v) is 9.34. The zero-order valence-electron chi connectivity index (χ0n) is 13.0. The highest BCUT2D eigenvalue weighted by atomic mass is 35.5. The average molecular weight is 374 g/mol. The fourth-order valence-electron chi connectivity index (χ4n) is 2.70. The minimum Gasteiger partial charge on any atom is -0.330 e. The normalized spacial score (nSPS) is 14.4. The van der Waals surface area contributed by atoms with Crippen LogP contribution in [0.4, 0.5) is 8.78 Å². The lowest BCUT2D eigenvalue weighted by atomic mass is 9.97. The summed E-state index contributed by atoms with van der Waals surface area (Å²) >= 11 is 5.80. The zero-order chi connectivity index (χ0) is 17.9. The van der Waals surface area contributed by atoms with E-state index in [0.29, 0.717) is 11.4 Å². The largest absolute Gasteiger partial charge is 0.330 e. The molecule has 2 rings (SSSR count). The first-order valence-electron chi connectivity index (χ1n) is 7.42. The van der Waals surface area contributed by atoms with E-state index in [1.165, 1.54) is 24.3 Å². The highest BCUT2D eigenvalue weighted by molar-refractivity contribution is 7.91. The summed E-state index contributed by atoms with van der Waals surface area (Å²) in [5.41, 5.74) is 5.35. The van der Waals surface area contributed by atoms with Crippen molar-refractivity contribution in [3.63, 3.8) is 0 Å². The first-order chi connectivity index (χ1) is 11.3. The predicted octanol–water partition coefficient (Wildman–Crippen LogP) is 4.12. The number of benzene rings is 2. The van der Waals surface area contributed by atoms with Gasteiger partial charge in [0.15, 0.2) is 9.84 Å². The van der Waals surface area contributed by atoms with Crippen LogP contribution in [0.2, 0.25) is 5.02 Å². The molecule has 3 nitrogen and oxygen atoms in total. The number of rotatable bonds is 6. The van der Waals surface area contributed by atoms with E-state index < -0.39 is 32.6 Å². The van der Waals surface area contributed by atoms with Crippen molar-refractivity contribution in [3.05, 3.63) is 64.7 Å². The summed E-state index contributed by atoms with van der Waals surface area (Å²) in [4.78, 5) is 0.00410. The van der Waals surface area contributed by atoms with Gasteiger partial charge in [0.25, 0.3) is 0 Å². The lowest BCUT2D eigenvalue weighted by Crippen LogP contribution is -2.24. The number of sulfone groups is 1. The molecule has 0 aliphatic rings. The van der Waals surface area contributed by atoms with Gasteiger partial charge in [-0.25, -0.2) is 17.2 Å². The molecule has 0 amide bonds. The molecule has 0 heterocycles. The highest BCUT2D eigenvalue weighted by Crippen LogP contribution is 2.38. The summed E-state index contributed by atoms with van der Waals surface area (Å²) in [6.45, 7) is 1.90. The van der Waals surface area contributed by atoms with Crippen molar-refractivity contribution in [1.29, 1.82) is 0 Å². The monoisotopic (exact) mass is 373 g/mol. The van der Waals surface area contributed by atoms with E-state index in [0.717, 1.165) is 18.2 Å². The molecule has 2 aromatic rings. The summed E-state index contributed by atoms with van der Waals surface area (Å²) in [6.07, 6.45) is 0.355. The lowest BCUT2D eigenvalue weighted by molar-refractivity contribution is 0.472. The Bertz CT molecular complexity index is 810. The maximum atomic E-state index is 14.2. The third kappa shape index (κ3) is 3.94. The molecule has 7 heteroatoms. The Morgan fingerprint density at radius 3 is 2.33 bits per heavy atom. The molecule has 130 valence electrons. The summed E-state index contributed by atoms with van der Waals surface area (Å²) in [5, 5.41) is -0.852. The van der Waals surface area contributed by atoms with Crippen LogP contribution in [0.5, 0.6) is 0 Å². The van der Waals surface area contributed by atoms with Gasteiger partial charge in [0, 0.05) is 10.6 Å². The fourth-order valence-corrected chi connectivity index (χ4v) is 4.89. The van der Waals surface area contributed by atoms with Gasteiger partial charge < -0.3 is 5.73 Å². The molecule has 0 aliphatic heterocycles. The maximum absolute atomic E-state index is 14.2. The number of hydrogen-bond acceptors (Lipinski definition) is 3. The van der Waals surface area contributed by atoms with Crippen molar-refractivity contribution in [2.75, 3.05) is 6.54 Å². The minimum atomic E-state index is -3.95. The summed E-state index contributed by atoms with van der Waals surface area (Å²) in [7, 11) is -3.95. The highest BCUT2D eigenvalue weighted by Gasteiger charge is 2.35. The van der Waals surface area contributed by atoms with Crippen molar-refractivity contribution in [1.82, 2.24) is 0 Å². The second kappa shape index (κ2) is 7.59. The van der Waals surface area contributed by atoms with E-state index >= 15 is 0 Å². The Hall–Kier alpha value is -1.50. The Morgan fingerprint density at radius 2 is 1.75 bits per heavy atom. The van der Waals surface area contributed by atoms with Crippen LogP contribution in [0.1, 0.15) is 24.2 Å². The van der Waals surface area contributed by atoms with Crippen molar-refractivity contribution < 1.29 is 17.2 Å². The van der Waals surface area contributed by atoms with E-state index in [-0.39, 0.29) is 17.0 Å². The average Bonchev–Trinajstić information content (AvgIpc) is 2.51. The van der Waals surface area contributed by atoms with E-state index in [1.807, 2.05) is 0 Å². The SMILES string of the molecule is CC(CCN)C(c1cc(F)ccc1F)S(=O)(=O)c1ccc(Cl)cc1. The molecule has 2 atom stereocenters. The van der Waals surface area contributed by atoms with Crippen LogP contribution in [0, 0.1) is 17.6 Å². The zero-order valence-corrected chi connectivity index (χ0v) is 14.6. The van der Waals surface area contributed by atoms with Gasteiger partial charge in [0.2, 0.25) is 0 Å². The molecule has 0 spiro atoms. The van der Waals surface area contributed by atoms with E-state index in [1.54, 1.807) is 6.92 Å². The molecule has 0 bridgehead atoms. The van der Waals surface area contributed by atoms with Gasteiger partial charge in [-0.3, -0.25) is 0 Å². The van der Waals surface area contributed by atoms with Gasteiger partial charge in [-0.05, 0) is 61.3 Å². The van der Waals surface area contributed by atoms with Crippen molar-refractivity contribution in [3.8, 4) is 0 Å². The molecule has 0 fully saturated rings. The van der Waals surface area contributed by atoms with Crippen LogP contribution in [0.15, 0.2) is 47.4 Å². The molecule has 2 N–H and O–H groups in total. The van der Waals surface area contributed by atoms with Gasteiger partial charge >= 0.3 is 0 Å². The van der Waals surface area contributed by atoms with Crippen LogP contribution in [0.3, 0.4) is 0 Å². The summed E-state index contributed by atoms with van der Waals surface area (Å²) in [6, 6.07) is 8.43. The van der Waals surface area contributed by atoms with Crippen LogP contribution >= 0.6 is 11.6 Å². The third-order valence-corrected chi connectivity index (χ3v) is 6.45. The second-order valence-corrected chi connectivity index (χ2v) is 8.15. The second-order valence-electron chi connectivity index (χ2n) is 5.64. The molecule has 0 aliphatic carbocycles. The van der Waals surface area contributed by atoms with E-state index in [9.17, 15) is 17.2 Å². The summed E-state index contributed by atoms with van der Waals surface area (Å²) in [5.74, 6) is -1.95. The molecule has 2 aromatic carbocycles. The predicted molar refractivity (Wildman–Crippen MR) is 90.6 cm³/mol. The van der Waals surface area contributed by atoms with Crippen LogP contribution < -0.4 is 5.73 Å². The van der Waals surface area contributed by atoms with Crippen LogP contribution in [0.25, 0.3) is 0 Å². The number of hydrogen-bond donors (Lipinski definition) is 1. The van der Waals surface area contributed by atoms with Gasteiger partial charge in [0.05, 0.1) is 10.1 Å². The van der Waals surface area contributed by atoms with Crippen molar-refractivity contribution in [2.45, 2.75) is 23.5 Å². The van der Waals surface area contributed by atoms with Crippen LogP contribution in [-0.4, -0.2) is 15.0 Å². The fraction of sp³-hybridized carbons (Fsp3) is 0.294. The molecular weight excluding hydrogens is 356 g/mol. The summed E-state index contributed by atoms with van der Waals surface area (Å²) < 4.78 is 53.9. The Kier molecular flexibility index (Phi) is 5.96. The molecule has 2 unspecified atom stereocenters. The smallest absolute Gasteiger partial charge is 0.185 e. The minimum absolute atomic E-state index is 0.00410. The maximum Gasteiger partial charge on any atom is 0.185 e. The quantitative estimate of drug-likeness (QED) is 0.828. The third-order valence-electron chi connectivity index (χ3n) is 3.88. The molecule has 0 saturated carbocycles. The van der Waals surface area contributed by atoms with Crippen LogP contribution in [-0.2, 0) is 9.84 Å². The van der Waals surface area contributed by atoms with Gasteiger partial charge in [-0.1, -0.05) is 18.5 Å². The Balaban J connectivity index is 2.61. The Labute approximate surface area is 145 Å². The standard InChI is InChI=1S/C17H18ClF2NO2S/c1-11(8-9-21)17(15-10-13(19)4-7-16(15)20)24(22,23)14-5-2-12(18)3-6-14/h2-7,10-11,17H,8-9,21H2,1H3. The van der Waals surface area contributed by atoms with Crippen molar-refractivity contribution >= 4 is 21.4 Å². The topological polar surface area (TPSA) is 60.2 Å². The molecule has 0 radical (unpaired) electrons. The van der Waals surface area contributed by atoms with Gasteiger partial charge in [-0.2, -0.15) is 0 Å². The molecule has 24 heavy (non-hydrogen) atoms. The van der Waals surface area contributed by atoms with Gasteiger partial charge in [-0.15, -0.1) is 0 Å². The Morgan fingerprint density at radius 1 is 1.12 bits per heavy atom. The van der Waals surface area contributed by atoms with E-state index in [4.69, 9.17) is 17.3 Å². The molecular formula is C17H18ClF2NO2S. The molecule has 0 saturated heterocycles. The number of halogens is 3. The van der Waals surface area contributed by atoms with Crippen molar-refractivity contribution in [2.24, 2.45) is 11.7 Å². The molecule has 0 aromatic heterocycles. The van der Waals surface area contributed by atoms with E-state index in [2.05, 4.69) is 0 Å². The lowest BCUT2D eigenvalue weighted by Gasteiger charge is -2.25. The van der Waals surface area contributed by atoms with Gasteiger partial charge in [0.1, 0.15) is 11.6 Å². The number of nitrogens with two attached hydrogens (primary N) is 1. The first kappa shape index (κ1) is 18.8.